The van der Waals surface area contributed by atoms with Gasteiger partial charge >= 0.3 is 69.5 Å². The van der Waals surface area contributed by atoms with Crippen LogP contribution in [0.5, 0.6) is 0 Å². The van der Waals surface area contributed by atoms with E-state index >= 15 is 0 Å². The number of rotatable bonds is 4. The van der Waals surface area contributed by atoms with Crippen LogP contribution in [0.25, 0.3) is 0 Å². The number of hydrogen-bond acceptors (Lipinski definition) is 10. The van der Waals surface area contributed by atoms with Crippen molar-refractivity contribution in [3.63, 3.8) is 0 Å². The zero-order valence-corrected chi connectivity index (χ0v) is 13.8. The molecule has 10 nitrogen and oxygen atoms in total. The minimum Gasteiger partial charge on any atom is -0.725 e. The Morgan fingerprint density at radius 3 is 1.00 bits per heavy atom. The van der Waals surface area contributed by atoms with Gasteiger partial charge in [-0.15, -0.1) is 7.26 Å². The van der Waals surface area contributed by atoms with Gasteiger partial charge in [-0.05, 0) is 0 Å². The summed E-state index contributed by atoms with van der Waals surface area (Å²) in [6, 6.07) is 0. The van der Waals surface area contributed by atoms with Gasteiger partial charge in [0.05, 0.1) is 0 Å². The van der Waals surface area contributed by atoms with E-state index in [2.05, 4.69) is 7.26 Å². The largest absolute Gasteiger partial charge is 1.00 e. The minimum absolute atomic E-state index is 0. The van der Waals surface area contributed by atoms with E-state index in [9.17, 15) is 34.4 Å². The standard InChI is InChI=1S/2Na.H2O10S3/c;;1-11(2,3)9-13(7,8)10-12(4,5)6/h;;(H,1,2,3)(H,4,5,6)/q2*+1;/p-2. The van der Waals surface area contributed by atoms with Gasteiger partial charge in [0.25, 0.3) is 0 Å². The van der Waals surface area contributed by atoms with Crippen LogP contribution >= 0.6 is 0 Å². The predicted octanol–water partition coefficient (Wildman–Crippen LogP) is -8.81. The second-order valence-electron chi connectivity index (χ2n) is 1.36. The van der Waals surface area contributed by atoms with Crippen molar-refractivity contribution in [3.8, 4) is 0 Å². The third-order valence-electron chi connectivity index (χ3n) is 0.333. The molecule has 0 unspecified atom stereocenters. The molecule has 0 N–H and O–H groups in total. The first-order valence-electron chi connectivity index (χ1n) is 2.00. The third-order valence-corrected chi connectivity index (χ3v) is 3.00. The molecule has 15 heavy (non-hydrogen) atoms. The van der Waals surface area contributed by atoms with Crippen molar-refractivity contribution in [1.82, 2.24) is 0 Å². The summed E-state index contributed by atoms with van der Waals surface area (Å²) in [5.74, 6) is 0. The van der Waals surface area contributed by atoms with E-state index in [1.807, 2.05) is 0 Å². The summed E-state index contributed by atoms with van der Waals surface area (Å²) in [6.45, 7) is 0. The van der Waals surface area contributed by atoms with Gasteiger partial charge in [-0.1, -0.05) is 0 Å². The van der Waals surface area contributed by atoms with Crippen LogP contribution in [-0.2, 0) is 38.5 Å². The van der Waals surface area contributed by atoms with Crippen molar-refractivity contribution in [2.24, 2.45) is 0 Å². The first kappa shape index (κ1) is 21.9. The van der Waals surface area contributed by atoms with Crippen LogP contribution < -0.4 is 59.1 Å². The summed E-state index contributed by atoms with van der Waals surface area (Å²) >= 11 is 0. The first-order chi connectivity index (χ1) is 5.41. The van der Waals surface area contributed by atoms with Gasteiger partial charge < -0.3 is 9.11 Å². The Labute approximate surface area is 130 Å². The Bertz CT molecular complexity index is 423. The molecule has 0 aromatic carbocycles. The van der Waals surface area contributed by atoms with Crippen LogP contribution in [0.4, 0.5) is 0 Å². The van der Waals surface area contributed by atoms with Crippen molar-refractivity contribution in [3.05, 3.63) is 0 Å². The van der Waals surface area contributed by atoms with Crippen molar-refractivity contribution in [2.75, 3.05) is 0 Å². The molecule has 0 spiro atoms. The van der Waals surface area contributed by atoms with Crippen molar-refractivity contribution in [2.45, 2.75) is 0 Å². The second kappa shape index (κ2) is 7.20. The molecule has 80 valence electrons. The van der Waals surface area contributed by atoms with E-state index in [4.69, 9.17) is 0 Å². The van der Waals surface area contributed by atoms with Gasteiger partial charge in [0.2, 0.25) is 20.8 Å². The molecule has 0 aromatic rings. The molecule has 0 bridgehead atoms. The molecule has 15 heteroatoms. The smallest absolute Gasteiger partial charge is 0.725 e. The quantitative estimate of drug-likeness (QED) is 0.276. The van der Waals surface area contributed by atoms with Crippen LogP contribution in [0.3, 0.4) is 0 Å². The minimum atomic E-state index is -5.72. The summed E-state index contributed by atoms with van der Waals surface area (Å²) < 4.78 is 82.9. The second-order valence-corrected chi connectivity index (χ2v) is 4.90. The van der Waals surface area contributed by atoms with E-state index in [-0.39, 0.29) is 59.1 Å². The molecule has 0 fully saturated rings. The molecular weight excluding hydrogens is 302 g/mol. The molecule has 0 amide bonds. The Morgan fingerprint density at radius 2 is 0.867 bits per heavy atom. The molecule has 0 aliphatic heterocycles. The molecule has 0 saturated heterocycles. The molecule has 0 atom stereocenters. The Balaban J connectivity index is -0.000000720. The van der Waals surface area contributed by atoms with E-state index in [0.29, 0.717) is 0 Å². The summed E-state index contributed by atoms with van der Waals surface area (Å²) in [4.78, 5) is 0. The first-order valence-corrected chi connectivity index (χ1v) is 6.00. The maximum Gasteiger partial charge on any atom is 1.00 e. The zero-order chi connectivity index (χ0) is 10.9. The van der Waals surface area contributed by atoms with E-state index in [1.165, 1.54) is 0 Å². The fraction of sp³-hybridized carbons (Fsp3) is 0. The van der Waals surface area contributed by atoms with Crippen molar-refractivity contribution < 1.29 is 101 Å². The van der Waals surface area contributed by atoms with Gasteiger partial charge in [-0.2, -0.15) is 8.42 Å². The van der Waals surface area contributed by atoms with Crippen molar-refractivity contribution >= 4 is 31.2 Å². The fourth-order valence-corrected chi connectivity index (χ4v) is 2.14. The van der Waals surface area contributed by atoms with Crippen LogP contribution in [0.1, 0.15) is 0 Å². The topological polar surface area (TPSA) is 167 Å². The number of hydrogen-bond donors (Lipinski definition) is 0. The maximum absolute atomic E-state index is 10.1. The third kappa shape index (κ3) is 15.7. The van der Waals surface area contributed by atoms with Crippen LogP contribution in [0.15, 0.2) is 0 Å². The van der Waals surface area contributed by atoms with Gasteiger partial charge in [0.1, 0.15) is 0 Å². The molecule has 0 aromatic heterocycles. The van der Waals surface area contributed by atoms with Gasteiger partial charge in [0, 0.05) is 0 Å². The summed E-state index contributed by atoms with van der Waals surface area (Å²) in [6.07, 6.45) is 0. The summed E-state index contributed by atoms with van der Waals surface area (Å²) in [7, 11) is -17.1. The molecular formula is Na2O10S3. The van der Waals surface area contributed by atoms with E-state index in [0.717, 1.165) is 0 Å². The fourth-order valence-electron chi connectivity index (χ4n) is 0.215. The van der Waals surface area contributed by atoms with Crippen molar-refractivity contribution in [1.29, 1.82) is 0 Å². The van der Waals surface area contributed by atoms with E-state index < -0.39 is 31.2 Å². The molecule has 0 heterocycles. The molecule has 0 aliphatic carbocycles. The Morgan fingerprint density at radius 1 is 0.667 bits per heavy atom. The average Bonchev–Trinajstić information content (AvgIpc) is 1.43. The average molecular weight is 302 g/mol. The normalized spacial score (nSPS) is 12.4. The molecule has 0 aliphatic rings. The Kier molecular flexibility index (Phi) is 10.5. The monoisotopic (exact) mass is 302 g/mol. The van der Waals surface area contributed by atoms with Gasteiger partial charge in [-0.25, -0.2) is 16.8 Å². The maximum atomic E-state index is 10.1. The summed E-state index contributed by atoms with van der Waals surface area (Å²) in [5.41, 5.74) is 0. The summed E-state index contributed by atoms with van der Waals surface area (Å²) in [5, 5.41) is 0. The SMILES string of the molecule is O=S(=O)([O-])OS(=O)(=O)OS(=O)(=O)[O-].[Na+].[Na+]. The molecule has 0 radical (unpaired) electrons. The van der Waals surface area contributed by atoms with Gasteiger partial charge in [-0.3, -0.25) is 0 Å². The van der Waals surface area contributed by atoms with Crippen LogP contribution in [-0.4, -0.2) is 34.4 Å². The van der Waals surface area contributed by atoms with Crippen LogP contribution in [0.2, 0.25) is 0 Å². The van der Waals surface area contributed by atoms with Crippen LogP contribution in [0, 0.1) is 0 Å². The Hall–Kier alpha value is 1.69. The molecule has 0 rings (SSSR count). The predicted molar refractivity (Wildman–Crippen MR) is 30.5 cm³/mol. The molecule has 0 saturated carbocycles. The zero-order valence-electron chi connectivity index (χ0n) is 7.31. The van der Waals surface area contributed by atoms with Gasteiger partial charge in [0.15, 0.2) is 0 Å². The van der Waals surface area contributed by atoms with E-state index in [1.54, 1.807) is 0 Å².